The molecule has 0 spiro atoms. The molecule has 7 aromatic carbocycles. The predicted octanol–water partition coefficient (Wildman–Crippen LogP) is 10.3. The molecule has 0 atom stereocenters. The fraction of sp³-hybridized carbons (Fsp3) is 0. The first-order valence-electron chi connectivity index (χ1n) is 13.3. The summed E-state index contributed by atoms with van der Waals surface area (Å²) in [5.41, 5.74) is 5.88. The van der Waals surface area contributed by atoms with Crippen molar-refractivity contribution < 1.29 is 4.74 Å². The Morgan fingerprint density at radius 3 is 1.73 bits per heavy atom. The van der Waals surface area contributed by atoms with Gasteiger partial charge in [0.2, 0.25) is 0 Å². The van der Waals surface area contributed by atoms with Gasteiger partial charge in [-0.3, -0.25) is 0 Å². The van der Waals surface area contributed by atoms with Crippen LogP contribution < -0.4 is 9.64 Å². The molecule has 0 radical (unpaired) electrons. The zero-order valence-electron chi connectivity index (χ0n) is 21.5. The Bertz CT molecular complexity index is 2110. The van der Waals surface area contributed by atoms with Crippen LogP contribution in [0, 0.1) is 11.3 Å². The predicted molar refractivity (Wildman–Crippen MR) is 164 cm³/mol. The normalized spacial score (nSPS) is 12.1. The van der Waals surface area contributed by atoms with E-state index in [4.69, 9.17) is 4.74 Å². The quantitative estimate of drug-likeness (QED) is 0.171. The molecule has 0 amide bonds. The average molecular weight is 511 g/mol. The van der Waals surface area contributed by atoms with E-state index in [-0.39, 0.29) is 0 Å². The van der Waals surface area contributed by atoms with Gasteiger partial charge in [-0.15, -0.1) is 0 Å². The standard InChI is InChI=1S/C37H22N2O/c38-23-24-17-19-25(20-18-24)36-31-22-27-10-2-1-9-26(27)21-30(31)28-11-3-4-12-29(28)37(36)39-32-13-5-7-15-34(32)40-35-16-8-6-14-33(35)39/h1-22H. The van der Waals surface area contributed by atoms with Crippen molar-refractivity contribution in [2.75, 3.05) is 4.90 Å². The van der Waals surface area contributed by atoms with E-state index >= 15 is 0 Å². The number of benzene rings is 7. The minimum atomic E-state index is 0.642. The van der Waals surface area contributed by atoms with Crippen molar-refractivity contribution in [3.63, 3.8) is 0 Å². The van der Waals surface area contributed by atoms with E-state index in [2.05, 4.69) is 108 Å². The Balaban J connectivity index is 1.60. The molecular weight excluding hydrogens is 488 g/mol. The van der Waals surface area contributed by atoms with Crippen molar-refractivity contribution in [1.29, 1.82) is 5.26 Å². The molecule has 0 fully saturated rings. The lowest BCUT2D eigenvalue weighted by atomic mass is 9.88. The summed E-state index contributed by atoms with van der Waals surface area (Å²) < 4.78 is 6.38. The van der Waals surface area contributed by atoms with E-state index in [0.29, 0.717) is 5.56 Å². The number of hydrogen-bond donors (Lipinski definition) is 0. The Morgan fingerprint density at radius 2 is 1.07 bits per heavy atom. The third-order valence-corrected chi connectivity index (χ3v) is 7.82. The lowest BCUT2D eigenvalue weighted by molar-refractivity contribution is 0.477. The summed E-state index contributed by atoms with van der Waals surface area (Å²) in [5, 5.41) is 16.6. The van der Waals surface area contributed by atoms with Crippen LogP contribution in [-0.2, 0) is 0 Å². The molecule has 0 aromatic heterocycles. The lowest BCUT2D eigenvalue weighted by Crippen LogP contribution is -2.17. The second-order valence-corrected chi connectivity index (χ2v) is 10.1. The summed E-state index contributed by atoms with van der Waals surface area (Å²) in [6.07, 6.45) is 0. The third-order valence-electron chi connectivity index (χ3n) is 7.82. The smallest absolute Gasteiger partial charge is 0.151 e. The zero-order chi connectivity index (χ0) is 26.6. The van der Waals surface area contributed by atoms with Crippen LogP contribution >= 0.6 is 0 Å². The Hall–Kier alpha value is -5.59. The number of anilines is 3. The molecule has 1 aliphatic rings. The molecule has 1 heterocycles. The van der Waals surface area contributed by atoms with Gasteiger partial charge in [0, 0.05) is 10.9 Å². The molecule has 0 saturated heterocycles. The minimum absolute atomic E-state index is 0.642. The van der Waals surface area contributed by atoms with E-state index < -0.39 is 0 Å². The van der Waals surface area contributed by atoms with Gasteiger partial charge >= 0.3 is 0 Å². The van der Waals surface area contributed by atoms with Gasteiger partial charge in [0.15, 0.2) is 11.5 Å². The number of nitrogens with zero attached hydrogens (tertiary/aromatic N) is 2. The van der Waals surface area contributed by atoms with Crippen LogP contribution in [0.3, 0.4) is 0 Å². The Labute approximate surface area is 231 Å². The van der Waals surface area contributed by atoms with E-state index in [9.17, 15) is 5.26 Å². The molecule has 0 saturated carbocycles. The molecule has 1 aliphatic heterocycles. The molecule has 0 aliphatic carbocycles. The molecule has 0 bridgehead atoms. The summed E-state index contributed by atoms with van der Waals surface area (Å²) in [7, 11) is 0. The molecule has 186 valence electrons. The first-order chi connectivity index (χ1) is 19.8. The second-order valence-electron chi connectivity index (χ2n) is 10.1. The van der Waals surface area contributed by atoms with E-state index in [1.165, 1.54) is 26.9 Å². The van der Waals surface area contributed by atoms with Gasteiger partial charge in [0.05, 0.1) is 28.7 Å². The van der Waals surface area contributed by atoms with Crippen LogP contribution in [0.1, 0.15) is 5.56 Å². The molecule has 3 nitrogen and oxygen atoms in total. The SMILES string of the molecule is N#Cc1ccc(-c2c(N3c4ccccc4Oc4ccccc43)c3ccccc3c3cc4ccccc4cc23)cc1. The lowest BCUT2D eigenvalue weighted by Gasteiger charge is -2.35. The first-order valence-corrected chi connectivity index (χ1v) is 13.3. The van der Waals surface area contributed by atoms with E-state index in [1.807, 2.05) is 36.4 Å². The number of rotatable bonds is 2. The highest BCUT2D eigenvalue weighted by Crippen LogP contribution is 2.55. The Kier molecular flexibility index (Phi) is 4.89. The largest absolute Gasteiger partial charge is 0.453 e. The van der Waals surface area contributed by atoms with E-state index in [0.717, 1.165) is 45.1 Å². The zero-order valence-corrected chi connectivity index (χ0v) is 21.5. The van der Waals surface area contributed by atoms with Crippen LogP contribution in [0.4, 0.5) is 17.1 Å². The first kappa shape index (κ1) is 22.4. The van der Waals surface area contributed by atoms with Crippen LogP contribution in [0.15, 0.2) is 133 Å². The van der Waals surface area contributed by atoms with Crippen LogP contribution in [0.2, 0.25) is 0 Å². The summed E-state index contributed by atoms with van der Waals surface area (Å²) in [4.78, 5) is 2.35. The molecule has 0 unspecified atom stereocenters. The van der Waals surface area contributed by atoms with Gasteiger partial charge in [0.1, 0.15) is 0 Å². The molecule has 40 heavy (non-hydrogen) atoms. The number of nitriles is 1. The van der Waals surface area contributed by atoms with Gasteiger partial charge in [-0.1, -0.05) is 84.9 Å². The van der Waals surface area contributed by atoms with E-state index in [1.54, 1.807) is 0 Å². The molecule has 7 aromatic rings. The van der Waals surface area contributed by atoms with Crippen molar-refractivity contribution in [1.82, 2.24) is 0 Å². The maximum Gasteiger partial charge on any atom is 0.151 e. The monoisotopic (exact) mass is 510 g/mol. The molecular formula is C37H22N2O. The molecule has 8 rings (SSSR count). The van der Waals surface area contributed by atoms with Crippen molar-refractivity contribution in [2.45, 2.75) is 0 Å². The van der Waals surface area contributed by atoms with Gasteiger partial charge in [-0.2, -0.15) is 5.26 Å². The van der Waals surface area contributed by atoms with Gasteiger partial charge < -0.3 is 9.64 Å². The van der Waals surface area contributed by atoms with Gasteiger partial charge in [-0.05, 0) is 81.0 Å². The van der Waals surface area contributed by atoms with Crippen molar-refractivity contribution >= 4 is 49.4 Å². The highest BCUT2D eigenvalue weighted by molar-refractivity contribution is 6.24. The third kappa shape index (κ3) is 3.30. The van der Waals surface area contributed by atoms with Crippen LogP contribution in [0.5, 0.6) is 11.5 Å². The number of para-hydroxylation sites is 4. The minimum Gasteiger partial charge on any atom is -0.453 e. The number of hydrogen-bond acceptors (Lipinski definition) is 3. The van der Waals surface area contributed by atoms with Crippen molar-refractivity contribution in [3.8, 4) is 28.7 Å². The Morgan fingerprint density at radius 1 is 0.525 bits per heavy atom. The van der Waals surface area contributed by atoms with Crippen molar-refractivity contribution in [2.24, 2.45) is 0 Å². The summed E-state index contributed by atoms with van der Waals surface area (Å²) in [6, 6.07) is 48.5. The summed E-state index contributed by atoms with van der Waals surface area (Å²) in [5.74, 6) is 1.63. The maximum absolute atomic E-state index is 9.54. The highest BCUT2D eigenvalue weighted by Gasteiger charge is 2.30. The molecule has 0 N–H and O–H groups in total. The number of fused-ring (bicyclic) bond motifs is 6. The second kappa shape index (κ2) is 8.73. The van der Waals surface area contributed by atoms with Gasteiger partial charge in [0.25, 0.3) is 0 Å². The highest BCUT2D eigenvalue weighted by atomic mass is 16.5. The van der Waals surface area contributed by atoms with Gasteiger partial charge in [-0.25, -0.2) is 0 Å². The average Bonchev–Trinajstić information content (AvgIpc) is 3.02. The maximum atomic E-state index is 9.54. The number of ether oxygens (including phenoxy) is 1. The van der Waals surface area contributed by atoms with Crippen LogP contribution in [-0.4, -0.2) is 0 Å². The molecule has 3 heteroatoms. The summed E-state index contributed by atoms with van der Waals surface area (Å²) >= 11 is 0. The summed E-state index contributed by atoms with van der Waals surface area (Å²) in [6.45, 7) is 0. The van der Waals surface area contributed by atoms with Crippen LogP contribution in [0.25, 0.3) is 43.4 Å². The topological polar surface area (TPSA) is 36.3 Å². The fourth-order valence-electron chi connectivity index (χ4n) is 6.04. The fourth-order valence-corrected chi connectivity index (χ4v) is 6.04. The van der Waals surface area contributed by atoms with Crippen molar-refractivity contribution in [3.05, 3.63) is 139 Å².